The molecule has 100 valence electrons. The van der Waals surface area contributed by atoms with Crippen molar-refractivity contribution < 1.29 is 4.79 Å². The molecule has 0 aromatic carbocycles. The molecule has 0 atom stereocenters. The number of carbonyl (C=O) groups excluding carboxylic acids is 1. The normalized spacial score (nSPS) is 10.4. The summed E-state index contributed by atoms with van der Waals surface area (Å²) in [6, 6.07) is 0. The Balaban J connectivity index is 3.06. The lowest BCUT2D eigenvalue weighted by atomic mass is 10.2. The summed E-state index contributed by atoms with van der Waals surface area (Å²) in [4.78, 5) is 21.5. The predicted octanol–water partition coefficient (Wildman–Crippen LogP) is 0.767. The molecule has 0 radical (unpaired) electrons. The van der Waals surface area contributed by atoms with Gasteiger partial charge >= 0.3 is 0 Å². The van der Waals surface area contributed by atoms with Crippen molar-refractivity contribution >= 4 is 17.5 Å². The Morgan fingerprint density at radius 1 is 1.33 bits per heavy atom. The number of nitrogen functional groups attached to an aromatic ring is 1. The molecule has 1 amide bonds. The molecule has 0 saturated heterocycles. The smallest absolute Gasteiger partial charge is 0.236 e. The van der Waals surface area contributed by atoms with Gasteiger partial charge < -0.3 is 16.4 Å². The fourth-order valence-electron chi connectivity index (χ4n) is 1.74. The molecule has 0 fully saturated rings. The third-order valence-corrected chi connectivity index (χ3v) is 2.70. The van der Waals surface area contributed by atoms with Crippen LogP contribution < -0.4 is 16.4 Å². The van der Waals surface area contributed by atoms with E-state index >= 15 is 0 Å². The number of hydrogen-bond donors (Lipinski definition) is 2. The van der Waals surface area contributed by atoms with Gasteiger partial charge in [-0.2, -0.15) is 0 Å². The number of nitrogens with zero attached hydrogens (tertiary/aromatic N) is 3. The van der Waals surface area contributed by atoms with Gasteiger partial charge in [0.1, 0.15) is 17.5 Å². The van der Waals surface area contributed by atoms with Gasteiger partial charge in [-0.25, -0.2) is 9.97 Å². The molecule has 1 heterocycles. The molecular formula is C12H21N5O. The van der Waals surface area contributed by atoms with Gasteiger partial charge in [-0.1, -0.05) is 13.3 Å². The lowest BCUT2D eigenvalue weighted by Crippen LogP contribution is -2.36. The first-order chi connectivity index (χ1) is 8.45. The second-order valence-corrected chi connectivity index (χ2v) is 4.35. The Morgan fingerprint density at radius 3 is 2.56 bits per heavy atom. The Hall–Kier alpha value is -1.85. The van der Waals surface area contributed by atoms with Gasteiger partial charge in [-0.3, -0.25) is 4.79 Å². The molecule has 0 bridgehead atoms. The Morgan fingerprint density at radius 2 is 2.00 bits per heavy atom. The predicted molar refractivity (Wildman–Crippen MR) is 72.2 cm³/mol. The average molecular weight is 251 g/mol. The molecule has 0 aliphatic carbocycles. The number of aromatic nitrogens is 2. The van der Waals surface area contributed by atoms with Crippen molar-refractivity contribution in [1.29, 1.82) is 0 Å². The van der Waals surface area contributed by atoms with Crippen LogP contribution in [0, 0.1) is 13.8 Å². The molecule has 0 unspecified atom stereocenters. The quantitative estimate of drug-likeness (QED) is 0.778. The van der Waals surface area contributed by atoms with E-state index in [-0.39, 0.29) is 12.5 Å². The van der Waals surface area contributed by atoms with E-state index in [1.54, 1.807) is 6.92 Å². The van der Waals surface area contributed by atoms with Crippen LogP contribution >= 0.6 is 0 Å². The fraction of sp³-hybridized carbons (Fsp3) is 0.583. The van der Waals surface area contributed by atoms with Crippen LogP contribution in [0.25, 0.3) is 0 Å². The summed E-state index contributed by atoms with van der Waals surface area (Å²) in [6.07, 6.45) is 2.00. The van der Waals surface area contributed by atoms with E-state index < -0.39 is 0 Å². The van der Waals surface area contributed by atoms with E-state index in [1.165, 1.54) is 0 Å². The van der Waals surface area contributed by atoms with Crippen molar-refractivity contribution in [3.63, 3.8) is 0 Å². The zero-order chi connectivity index (χ0) is 13.7. The molecule has 6 nitrogen and oxygen atoms in total. The maximum absolute atomic E-state index is 11.1. The molecule has 0 aliphatic rings. The topological polar surface area (TPSA) is 98.1 Å². The molecule has 4 N–H and O–H groups in total. The molecule has 1 rings (SSSR count). The Labute approximate surface area is 107 Å². The highest BCUT2D eigenvalue weighted by Crippen LogP contribution is 2.21. The number of nitrogens with two attached hydrogens (primary N) is 2. The van der Waals surface area contributed by atoms with Crippen LogP contribution in [-0.4, -0.2) is 29.0 Å². The molecule has 0 saturated carbocycles. The summed E-state index contributed by atoms with van der Waals surface area (Å²) < 4.78 is 0. The molecule has 6 heteroatoms. The summed E-state index contributed by atoms with van der Waals surface area (Å²) in [6.45, 7) is 6.60. The lowest BCUT2D eigenvalue weighted by molar-refractivity contribution is -0.116. The number of anilines is 2. The minimum atomic E-state index is -0.375. The van der Waals surface area contributed by atoms with E-state index in [0.29, 0.717) is 17.5 Å². The van der Waals surface area contributed by atoms with E-state index in [1.807, 2.05) is 11.8 Å². The number of unbranched alkanes of at least 4 members (excludes halogenated alkanes) is 1. The summed E-state index contributed by atoms with van der Waals surface area (Å²) >= 11 is 0. The second kappa shape index (κ2) is 6.18. The van der Waals surface area contributed by atoms with Crippen molar-refractivity contribution in [2.75, 3.05) is 23.7 Å². The first kappa shape index (κ1) is 14.2. The third kappa shape index (κ3) is 3.58. The van der Waals surface area contributed by atoms with Gasteiger partial charge in [0.2, 0.25) is 5.91 Å². The minimum absolute atomic E-state index is 0.150. The van der Waals surface area contributed by atoms with E-state index in [2.05, 4.69) is 16.9 Å². The van der Waals surface area contributed by atoms with E-state index in [4.69, 9.17) is 11.5 Å². The van der Waals surface area contributed by atoms with Gasteiger partial charge in [-0.15, -0.1) is 0 Å². The zero-order valence-corrected chi connectivity index (χ0v) is 11.2. The average Bonchev–Trinajstić information content (AvgIpc) is 2.28. The number of hydrogen-bond acceptors (Lipinski definition) is 5. The monoisotopic (exact) mass is 251 g/mol. The highest BCUT2D eigenvalue weighted by Gasteiger charge is 2.15. The van der Waals surface area contributed by atoms with Crippen LogP contribution in [0.4, 0.5) is 11.6 Å². The number of carbonyl (C=O) groups is 1. The van der Waals surface area contributed by atoms with E-state index in [9.17, 15) is 4.79 Å². The largest absolute Gasteiger partial charge is 0.383 e. The summed E-state index contributed by atoms with van der Waals surface area (Å²) in [5.41, 5.74) is 11.9. The minimum Gasteiger partial charge on any atom is -0.383 e. The number of primary amides is 1. The van der Waals surface area contributed by atoms with Crippen molar-refractivity contribution in [2.45, 2.75) is 33.6 Å². The Bertz CT molecular complexity index is 433. The second-order valence-electron chi connectivity index (χ2n) is 4.35. The standard InChI is InChI=1S/C12H21N5O/c1-4-5-6-17(7-10(13)18)12-8(2)11(14)15-9(3)16-12/h4-7H2,1-3H3,(H2,13,18)(H2,14,15,16). The van der Waals surface area contributed by atoms with Gasteiger partial charge in [0.25, 0.3) is 0 Å². The number of amides is 1. The van der Waals surface area contributed by atoms with Gasteiger partial charge in [0.05, 0.1) is 6.54 Å². The summed E-state index contributed by atoms with van der Waals surface area (Å²) in [5, 5.41) is 0. The maximum Gasteiger partial charge on any atom is 0.236 e. The molecule has 18 heavy (non-hydrogen) atoms. The van der Waals surface area contributed by atoms with Crippen LogP contribution in [0.15, 0.2) is 0 Å². The number of rotatable bonds is 6. The lowest BCUT2D eigenvalue weighted by Gasteiger charge is -2.24. The Kier molecular flexibility index (Phi) is 4.88. The SMILES string of the molecule is CCCCN(CC(N)=O)c1nc(C)nc(N)c1C. The fourth-order valence-corrected chi connectivity index (χ4v) is 1.74. The van der Waals surface area contributed by atoms with Crippen molar-refractivity contribution in [1.82, 2.24) is 9.97 Å². The van der Waals surface area contributed by atoms with Crippen LogP contribution in [0.1, 0.15) is 31.2 Å². The first-order valence-electron chi connectivity index (χ1n) is 6.09. The third-order valence-electron chi connectivity index (χ3n) is 2.70. The zero-order valence-electron chi connectivity index (χ0n) is 11.2. The van der Waals surface area contributed by atoms with Crippen molar-refractivity contribution in [2.24, 2.45) is 5.73 Å². The van der Waals surface area contributed by atoms with Gasteiger partial charge in [0, 0.05) is 12.1 Å². The van der Waals surface area contributed by atoms with Crippen molar-refractivity contribution in [3.8, 4) is 0 Å². The van der Waals surface area contributed by atoms with Crippen LogP contribution in [0.3, 0.4) is 0 Å². The van der Waals surface area contributed by atoms with Crippen LogP contribution in [0.2, 0.25) is 0 Å². The first-order valence-corrected chi connectivity index (χ1v) is 6.09. The highest BCUT2D eigenvalue weighted by atomic mass is 16.1. The van der Waals surface area contributed by atoms with Gasteiger partial charge in [-0.05, 0) is 20.3 Å². The van der Waals surface area contributed by atoms with E-state index in [0.717, 1.165) is 24.9 Å². The van der Waals surface area contributed by atoms with Crippen LogP contribution in [0.5, 0.6) is 0 Å². The summed E-state index contributed by atoms with van der Waals surface area (Å²) in [7, 11) is 0. The molecule has 1 aromatic rings. The molecular weight excluding hydrogens is 230 g/mol. The molecule has 0 aliphatic heterocycles. The van der Waals surface area contributed by atoms with Gasteiger partial charge in [0.15, 0.2) is 0 Å². The number of aryl methyl sites for hydroxylation is 1. The maximum atomic E-state index is 11.1. The molecule has 0 spiro atoms. The van der Waals surface area contributed by atoms with Crippen LogP contribution in [-0.2, 0) is 4.79 Å². The highest BCUT2D eigenvalue weighted by molar-refractivity contribution is 5.79. The molecule has 1 aromatic heterocycles. The van der Waals surface area contributed by atoms with Crippen molar-refractivity contribution in [3.05, 3.63) is 11.4 Å². The summed E-state index contributed by atoms with van der Waals surface area (Å²) in [5.74, 6) is 1.37.